The van der Waals surface area contributed by atoms with Gasteiger partial charge in [0.15, 0.2) is 5.96 Å². The van der Waals surface area contributed by atoms with Crippen LogP contribution in [0.15, 0.2) is 41.9 Å². The van der Waals surface area contributed by atoms with E-state index >= 15 is 0 Å². The van der Waals surface area contributed by atoms with Crippen LogP contribution in [0.2, 0.25) is 0 Å². The summed E-state index contributed by atoms with van der Waals surface area (Å²) in [6.45, 7) is 7.65. The number of aliphatic imine (C=N–C) groups is 1. The molecule has 8 heteroatoms. The predicted octanol–water partition coefficient (Wildman–Crippen LogP) is 2.97. The van der Waals surface area contributed by atoms with Crippen molar-refractivity contribution in [3.05, 3.63) is 54.1 Å². The van der Waals surface area contributed by atoms with Crippen LogP contribution < -0.4 is 15.4 Å². The third-order valence-corrected chi connectivity index (χ3v) is 4.29. The lowest BCUT2D eigenvalue weighted by molar-refractivity contribution is 0.358. The van der Waals surface area contributed by atoms with Gasteiger partial charge in [0.1, 0.15) is 24.0 Å². The Morgan fingerprint density at radius 1 is 1.44 bits per heavy atom. The van der Waals surface area contributed by atoms with Crippen molar-refractivity contribution in [1.29, 1.82) is 0 Å². The Labute approximate surface area is 177 Å². The van der Waals surface area contributed by atoms with Crippen molar-refractivity contribution in [2.75, 3.05) is 13.7 Å². The molecule has 3 rings (SSSR count). The molecule has 1 aliphatic heterocycles. The van der Waals surface area contributed by atoms with Gasteiger partial charge in [-0.3, -0.25) is 4.99 Å². The van der Waals surface area contributed by atoms with E-state index in [-0.39, 0.29) is 30.0 Å². The number of ether oxygens (including phenoxy) is 1. The SMILES string of the molecule is C=CCOc1ccccc1CNC(=NC)NC1CCCn2nc(C)nc21.I. The van der Waals surface area contributed by atoms with Gasteiger partial charge in [-0.2, -0.15) is 5.10 Å². The number of nitrogens with zero attached hydrogens (tertiary/aromatic N) is 4. The monoisotopic (exact) mass is 482 g/mol. The Balaban J connectivity index is 0.00000261. The minimum Gasteiger partial charge on any atom is -0.489 e. The van der Waals surface area contributed by atoms with Gasteiger partial charge in [0, 0.05) is 25.7 Å². The minimum atomic E-state index is 0. The summed E-state index contributed by atoms with van der Waals surface area (Å²) in [6, 6.07) is 8.08. The first kappa shape index (κ1) is 21.2. The topological polar surface area (TPSA) is 76.4 Å². The smallest absolute Gasteiger partial charge is 0.191 e. The van der Waals surface area contributed by atoms with Crippen LogP contribution in [0.5, 0.6) is 5.75 Å². The van der Waals surface area contributed by atoms with Crippen molar-refractivity contribution in [2.24, 2.45) is 4.99 Å². The molecule has 0 spiro atoms. The van der Waals surface area contributed by atoms with Gasteiger partial charge in [-0.05, 0) is 25.8 Å². The molecule has 146 valence electrons. The fourth-order valence-corrected chi connectivity index (χ4v) is 3.08. The molecule has 2 aromatic rings. The maximum Gasteiger partial charge on any atom is 0.191 e. The second kappa shape index (κ2) is 10.3. The Kier molecular flexibility index (Phi) is 8.08. The lowest BCUT2D eigenvalue weighted by Crippen LogP contribution is -2.41. The summed E-state index contributed by atoms with van der Waals surface area (Å²) in [7, 11) is 1.77. The van der Waals surface area contributed by atoms with E-state index in [2.05, 4.69) is 32.3 Å². The average Bonchev–Trinajstić information content (AvgIpc) is 3.05. The molecule has 0 radical (unpaired) electrons. The van der Waals surface area contributed by atoms with E-state index in [4.69, 9.17) is 4.74 Å². The molecular weight excluding hydrogens is 455 g/mol. The first-order valence-corrected chi connectivity index (χ1v) is 8.91. The molecule has 0 fully saturated rings. The van der Waals surface area contributed by atoms with Gasteiger partial charge in [0.2, 0.25) is 0 Å². The largest absolute Gasteiger partial charge is 0.489 e. The summed E-state index contributed by atoms with van der Waals surface area (Å²) in [4.78, 5) is 8.91. The van der Waals surface area contributed by atoms with E-state index < -0.39 is 0 Å². The number of rotatable bonds is 6. The Morgan fingerprint density at radius 2 is 2.26 bits per heavy atom. The summed E-state index contributed by atoms with van der Waals surface area (Å²) in [5.74, 6) is 3.38. The normalized spacial score (nSPS) is 16.1. The summed E-state index contributed by atoms with van der Waals surface area (Å²) < 4.78 is 7.70. The highest BCUT2D eigenvalue weighted by atomic mass is 127. The standard InChI is InChI=1S/C19H26N6O.HI/c1-4-12-26-17-10-6-5-8-15(17)13-21-19(20-3)23-16-9-7-11-25-18(16)22-14(2)24-25;/h4-6,8,10,16H,1,7,9,11-13H2,2-3H3,(H2,20,21,23);1H. The van der Waals surface area contributed by atoms with Gasteiger partial charge in [-0.1, -0.05) is 30.9 Å². The number of hydrogen-bond acceptors (Lipinski definition) is 4. The zero-order chi connectivity index (χ0) is 18.4. The van der Waals surface area contributed by atoms with Crippen LogP contribution in [0.4, 0.5) is 0 Å². The molecular formula is C19H27IN6O. The molecule has 0 bridgehead atoms. The highest BCUT2D eigenvalue weighted by molar-refractivity contribution is 14.0. The van der Waals surface area contributed by atoms with Crippen LogP contribution in [0, 0.1) is 6.92 Å². The van der Waals surface area contributed by atoms with E-state index in [1.54, 1.807) is 13.1 Å². The molecule has 0 aliphatic carbocycles. The maximum absolute atomic E-state index is 5.71. The van der Waals surface area contributed by atoms with E-state index in [9.17, 15) is 0 Å². The first-order valence-electron chi connectivity index (χ1n) is 8.91. The molecule has 1 atom stereocenters. The average molecular weight is 482 g/mol. The zero-order valence-corrected chi connectivity index (χ0v) is 18.1. The fourth-order valence-electron chi connectivity index (χ4n) is 3.08. The van der Waals surface area contributed by atoms with E-state index in [0.717, 1.165) is 48.3 Å². The van der Waals surface area contributed by atoms with Gasteiger partial charge in [0.25, 0.3) is 0 Å². The van der Waals surface area contributed by atoms with Gasteiger partial charge in [-0.25, -0.2) is 9.67 Å². The van der Waals surface area contributed by atoms with Crippen molar-refractivity contribution < 1.29 is 4.74 Å². The third-order valence-electron chi connectivity index (χ3n) is 4.29. The van der Waals surface area contributed by atoms with Crippen molar-refractivity contribution in [2.45, 2.75) is 38.9 Å². The minimum absolute atomic E-state index is 0. The number of fused-ring (bicyclic) bond motifs is 1. The molecule has 1 aromatic carbocycles. The van der Waals surface area contributed by atoms with Crippen molar-refractivity contribution in [1.82, 2.24) is 25.4 Å². The van der Waals surface area contributed by atoms with Crippen LogP contribution in [-0.2, 0) is 13.1 Å². The highest BCUT2D eigenvalue weighted by Crippen LogP contribution is 2.23. The quantitative estimate of drug-likeness (QED) is 0.287. The molecule has 2 heterocycles. The molecule has 1 aliphatic rings. The lowest BCUT2D eigenvalue weighted by Gasteiger charge is -2.25. The van der Waals surface area contributed by atoms with Crippen LogP contribution in [-0.4, -0.2) is 34.4 Å². The molecule has 1 unspecified atom stereocenters. The Bertz CT molecular complexity index is 788. The number of aryl methyl sites for hydroxylation is 2. The number of halogens is 1. The van der Waals surface area contributed by atoms with Gasteiger partial charge in [-0.15, -0.1) is 24.0 Å². The molecule has 27 heavy (non-hydrogen) atoms. The molecule has 7 nitrogen and oxygen atoms in total. The van der Waals surface area contributed by atoms with Gasteiger partial charge < -0.3 is 15.4 Å². The number of hydrogen-bond donors (Lipinski definition) is 2. The first-order chi connectivity index (χ1) is 12.7. The Morgan fingerprint density at radius 3 is 3.04 bits per heavy atom. The van der Waals surface area contributed by atoms with Crippen LogP contribution in [0.3, 0.4) is 0 Å². The predicted molar refractivity (Wildman–Crippen MR) is 118 cm³/mol. The van der Waals surface area contributed by atoms with Gasteiger partial charge in [0.05, 0.1) is 6.04 Å². The van der Waals surface area contributed by atoms with Crippen molar-refractivity contribution in [3.63, 3.8) is 0 Å². The number of nitrogens with one attached hydrogen (secondary N) is 2. The molecule has 0 saturated carbocycles. The summed E-state index contributed by atoms with van der Waals surface area (Å²) in [6.07, 6.45) is 3.83. The molecule has 1 aromatic heterocycles. The number of benzene rings is 1. The summed E-state index contributed by atoms with van der Waals surface area (Å²) in [5.41, 5.74) is 1.07. The molecule has 2 N–H and O–H groups in total. The van der Waals surface area contributed by atoms with Crippen LogP contribution in [0.25, 0.3) is 0 Å². The van der Waals surface area contributed by atoms with E-state index in [0.29, 0.717) is 13.2 Å². The maximum atomic E-state index is 5.71. The second-order valence-corrected chi connectivity index (χ2v) is 6.21. The highest BCUT2D eigenvalue weighted by Gasteiger charge is 2.24. The summed E-state index contributed by atoms with van der Waals surface area (Å²) >= 11 is 0. The van der Waals surface area contributed by atoms with Crippen molar-refractivity contribution in [3.8, 4) is 5.75 Å². The van der Waals surface area contributed by atoms with E-state index in [1.807, 2.05) is 35.9 Å². The zero-order valence-electron chi connectivity index (χ0n) is 15.8. The number of aromatic nitrogens is 3. The van der Waals surface area contributed by atoms with Crippen molar-refractivity contribution >= 4 is 29.9 Å². The number of para-hydroxylation sites is 1. The van der Waals surface area contributed by atoms with Crippen LogP contribution >= 0.6 is 24.0 Å². The third kappa shape index (κ3) is 5.44. The summed E-state index contributed by atoms with van der Waals surface area (Å²) in [5, 5.41) is 11.3. The lowest BCUT2D eigenvalue weighted by atomic mass is 10.1. The number of guanidine groups is 1. The van der Waals surface area contributed by atoms with E-state index in [1.165, 1.54) is 0 Å². The van der Waals surface area contributed by atoms with Crippen LogP contribution in [0.1, 0.15) is 36.1 Å². The second-order valence-electron chi connectivity index (χ2n) is 6.21. The molecule has 0 saturated heterocycles. The Hall–Kier alpha value is -2.10. The van der Waals surface area contributed by atoms with Gasteiger partial charge >= 0.3 is 0 Å². The molecule has 0 amide bonds. The fraction of sp³-hybridized carbons (Fsp3) is 0.421.